The third kappa shape index (κ3) is 2.48. The van der Waals surface area contributed by atoms with Crippen molar-refractivity contribution < 1.29 is 18.4 Å². The molecule has 0 aromatic heterocycles. The average Bonchev–Trinajstić information content (AvgIpc) is 2.39. The van der Waals surface area contributed by atoms with Crippen LogP contribution in [0.3, 0.4) is 0 Å². The molecule has 1 saturated heterocycles. The highest BCUT2D eigenvalue weighted by Crippen LogP contribution is 2.35. The molecule has 0 radical (unpaired) electrons. The molecular formula is C14H15ClF2N2O2. The molecular weight excluding hydrogens is 302 g/mol. The second-order valence-corrected chi connectivity index (χ2v) is 5.65. The highest BCUT2D eigenvalue weighted by molar-refractivity contribution is 6.34. The number of nitrogens with zero attached hydrogens (tertiary/aromatic N) is 1. The summed E-state index contributed by atoms with van der Waals surface area (Å²) in [4.78, 5) is 25.7. The van der Waals surface area contributed by atoms with Gasteiger partial charge in [-0.25, -0.2) is 8.78 Å². The molecule has 4 nitrogen and oxygen atoms in total. The van der Waals surface area contributed by atoms with Crippen molar-refractivity contribution in [1.82, 2.24) is 5.32 Å². The Bertz CT molecular complexity index is 600. The van der Waals surface area contributed by atoms with Gasteiger partial charge in [-0.3, -0.25) is 14.5 Å². The van der Waals surface area contributed by atoms with Gasteiger partial charge in [-0.05, 0) is 26.3 Å². The summed E-state index contributed by atoms with van der Waals surface area (Å²) >= 11 is 5.88. The minimum absolute atomic E-state index is 0.249. The van der Waals surface area contributed by atoms with Crippen LogP contribution in [0.15, 0.2) is 12.1 Å². The molecule has 2 unspecified atom stereocenters. The normalized spacial score (nSPS) is 26.0. The molecule has 2 atom stereocenters. The van der Waals surface area contributed by atoms with E-state index in [2.05, 4.69) is 5.32 Å². The molecule has 2 rings (SSSR count). The molecule has 1 aromatic carbocycles. The van der Waals surface area contributed by atoms with E-state index in [1.54, 1.807) is 13.8 Å². The molecule has 1 aromatic rings. The predicted molar refractivity (Wildman–Crippen MR) is 75.2 cm³/mol. The Kier molecular flexibility index (Phi) is 3.93. The molecule has 0 aliphatic carbocycles. The molecule has 21 heavy (non-hydrogen) atoms. The van der Waals surface area contributed by atoms with Gasteiger partial charge in [0.2, 0.25) is 5.91 Å². The smallest absolute Gasteiger partial charge is 0.253 e. The molecule has 0 saturated carbocycles. The largest absolute Gasteiger partial charge is 0.340 e. The summed E-state index contributed by atoms with van der Waals surface area (Å²) in [5.41, 5.74) is -1.42. The first kappa shape index (κ1) is 15.7. The third-order valence-corrected chi connectivity index (χ3v) is 4.07. The van der Waals surface area contributed by atoms with Crippen molar-refractivity contribution in [3.63, 3.8) is 0 Å². The SMILES string of the molecule is CCC1(C)NC(=O)C(C)N(c2c(F)cc(F)cc2Cl)C1=O. The van der Waals surface area contributed by atoms with Crippen LogP contribution in [-0.2, 0) is 9.59 Å². The Morgan fingerprint density at radius 3 is 2.52 bits per heavy atom. The highest BCUT2D eigenvalue weighted by Gasteiger charge is 2.47. The van der Waals surface area contributed by atoms with E-state index < -0.39 is 35.0 Å². The van der Waals surface area contributed by atoms with E-state index in [9.17, 15) is 18.4 Å². The Labute approximate surface area is 126 Å². The van der Waals surface area contributed by atoms with Gasteiger partial charge in [0.15, 0.2) is 5.82 Å². The first-order valence-electron chi connectivity index (χ1n) is 6.51. The number of halogens is 3. The topological polar surface area (TPSA) is 49.4 Å². The number of carbonyl (C=O) groups is 2. The zero-order valence-electron chi connectivity index (χ0n) is 11.8. The van der Waals surface area contributed by atoms with E-state index in [-0.39, 0.29) is 10.7 Å². The number of rotatable bonds is 2. The number of anilines is 1. The Balaban J connectivity index is 2.60. The number of hydrogen-bond acceptors (Lipinski definition) is 2. The van der Waals surface area contributed by atoms with Crippen molar-refractivity contribution in [2.45, 2.75) is 38.8 Å². The second-order valence-electron chi connectivity index (χ2n) is 5.24. The van der Waals surface area contributed by atoms with Crippen LogP contribution >= 0.6 is 11.6 Å². The number of carbonyl (C=O) groups excluding carboxylic acids is 2. The standard InChI is InChI=1S/C14H15ClF2N2O2/c1-4-14(3)13(21)19(7(2)12(20)18-14)11-9(15)5-8(16)6-10(11)17/h5-7H,4H2,1-3H3,(H,18,20). The van der Waals surface area contributed by atoms with Crippen molar-refractivity contribution in [3.05, 3.63) is 28.8 Å². The van der Waals surface area contributed by atoms with Gasteiger partial charge in [0.1, 0.15) is 17.4 Å². The lowest BCUT2D eigenvalue weighted by Crippen LogP contribution is -2.68. The summed E-state index contributed by atoms with van der Waals surface area (Å²) in [6, 6.07) is 0.613. The highest BCUT2D eigenvalue weighted by atomic mass is 35.5. The van der Waals surface area contributed by atoms with Crippen molar-refractivity contribution in [1.29, 1.82) is 0 Å². The van der Waals surface area contributed by atoms with Crippen LogP contribution in [0.5, 0.6) is 0 Å². The van der Waals surface area contributed by atoms with E-state index in [4.69, 9.17) is 11.6 Å². The maximum atomic E-state index is 14.1. The maximum absolute atomic E-state index is 14.1. The predicted octanol–water partition coefficient (Wildman–Crippen LogP) is 2.64. The van der Waals surface area contributed by atoms with Gasteiger partial charge >= 0.3 is 0 Å². The second kappa shape index (κ2) is 5.26. The Morgan fingerprint density at radius 2 is 2.00 bits per heavy atom. The van der Waals surface area contributed by atoms with Crippen LogP contribution in [0, 0.1) is 11.6 Å². The van der Waals surface area contributed by atoms with Gasteiger partial charge in [-0.15, -0.1) is 0 Å². The maximum Gasteiger partial charge on any atom is 0.253 e. The van der Waals surface area contributed by atoms with Gasteiger partial charge < -0.3 is 5.32 Å². The van der Waals surface area contributed by atoms with Crippen molar-refractivity contribution >= 4 is 29.1 Å². The fourth-order valence-corrected chi connectivity index (χ4v) is 2.57. The fourth-order valence-electron chi connectivity index (χ4n) is 2.29. The molecule has 1 N–H and O–H groups in total. The lowest BCUT2D eigenvalue weighted by Gasteiger charge is -2.43. The van der Waals surface area contributed by atoms with Crippen LogP contribution in [-0.4, -0.2) is 23.4 Å². The van der Waals surface area contributed by atoms with Gasteiger partial charge in [0, 0.05) is 6.07 Å². The Hall–Kier alpha value is -1.69. The molecule has 1 heterocycles. The zero-order chi connectivity index (χ0) is 15.9. The summed E-state index contributed by atoms with van der Waals surface area (Å²) in [6.45, 7) is 4.75. The Morgan fingerprint density at radius 1 is 1.38 bits per heavy atom. The number of nitrogens with one attached hydrogen (secondary N) is 1. The van der Waals surface area contributed by atoms with Crippen LogP contribution in [0.4, 0.5) is 14.5 Å². The summed E-state index contributed by atoms with van der Waals surface area (Å²) < 4.78 is 27.2. The average molecular weight is 317 g/mol. The van der Waals surface area contributed by atoms with Crippen LogP contribution in [0.1, 0.15) is 27.2 Å². The summed E-state index contributed by atoms with van der Waals surface area (Å²) in [6.07, 6.45) is 0.335. The first-order valence-corrected chi connectivity index (χ1v) is 6.89. The summed E-state index contributed by atoms with van der Waals surface area (Å²) in [5.74, 6) is -2.72. The summed E-state index contributed by atoms with van der Waals surface area (Å²) in [5, 5.41) is 2.37. The fraction of sp³-hybridized carbons (Fsp3) is 0.429. The molecule has 0 spiro atoms. The van der Waals surface area contributed by atoms with E-state index >= 15 is 0 Å². The molecule has 114 valence electrons. The zero-order valence-corrected chi connectivity index (χ0v) is 12.6. The number of amides is 2. The van der Waals surface area contributed by atoms with E-state index in [1.165, 1.54) is 6.92 Å². The number of piperazine rings is 1. The summed E-state index contributed by atoms with van der Waals surface area (Å²) in [7, 11) is 0. The molecule has 2 amide bonds. The van der Waals surface area contributed by atoms with Crippen molar-refractivity contribution in [2.75, 3.05) is 4.90 Å². The van der Waals surface area contributed by atoms with E-state index in [0.717, 1.165) is 11.0 Å². The lowest BCUT2D eigenvalue weighted by atomic mass is 9.91. The lowest BCUT2D eigenvalue weighted by molar-refractivity contribution is -0.137. The van der Waals surface area contributed by atoms with E-state index in [0.29, 0.717) is 12.5 Å². The molecule has 0 bridgehead atoms. The van der Waals surface area contributed by atoms with Gasteiger partial charge in [-0.1, -0.05) is 18.5 Å². The van der Waals surface area contributed by atoms with E-state index in [1.807, 2.05) is 0 Å². The minimum atomic E-state index is -1.15. The van der Waals surface area contributed by atoms with Crippen LogP contribution < -0.4 is 10.2 Å². The molecule has 7 heteroatoms. The van der Waals surface area contributed by atoms with Gasteiger partial charge in [0.25, 0.3) is 5.91 Å². The van der Waals surface area contributed by atoms with Crippen molar-refractivity contribution in [3.8, 4) is 0 Å². The minimum Gasteiger partial charge on any atom is -0.340 e. The quantitative estimate of drug-likeness (QED) is 0.912. The molecule has 1 aliphatic rings. The van der Waals surface area contributed by atoms with Gasteiger partial charge in [0.05, 0.1) is 10.7 Å². The van der Waals surface area contributed by atoms with Crippen LogP contribution in [0.2, 0.25) is 5.02 Å². The number of hydrogen-bond donors (Lipinski definition) is 1. The first-order chi connectivity index (χ1) is 9.71. The van der Waals surface area contributed by atoms with Crippen molar-refractivity contribution in [2.24, 2.45) is 0 Å². The monoisotopic (exact) mass is 316 g/mol. The van der Waals surface area contributed by atoms with Crippen LogP contribution in [0.25, 0.3) is 0 Å². The number of benzene rings is 1. The third-order valence-electron chi connectivity index (χ3n) is 3.79. The molecule has 1 fully saturated rings. The molecule has 1 aliphatic heterocycles. The van der Waals surface area contributed by atoms with Gasteiger partial charge in [-0.2, -0.15) is 0 Å².